The molecule has 0 aliphatic rings. The highest BCUT2D eigenvalue weighted by Crippen LogP contribution is 2.31. The third kappa shape index (κ3) is 5.58. The lowest BCUT2D eigenvalue weighted by atomic mass is 10.1. The summed E-state index contributed by atoms with van der Waals surface area (Å²) in [6.07, 6.45) is -3.85. The van der Waals surface area contributed by atoms with Crippen molar-refractivity contribution in [3.05, 3.63) is 70.3 Å². The highest BCUT2D eigenvalue weighted by molar-refractivity contribution is 5.89. The van der Waals surface area contributed by atoms with Crippen molar-refractivity contribution in [2.45, 2.75) is 52.9 Å². The summed E-state index contributed by atoms with van der Waals surface area (Å²) < 4.78 is 40.9. The number of hydrogen-bond donors (Lipinski definition) is 1. The number of nitrogens with one attached hydrogen (secondary N) is 1. The fourth-order valence-corrected chi connectivity index (χ4v) is 3.79. The number of alkyl halides is 3. The van der Waals surface area contributed by atoms with Crippen LogP contribution in [0, 0.1) is 5.92 Å². The van der Waals surface area contributed by atoms with Gasteiger partial charge in [0.05, 0.1) is 22.5 Å². The Labute approximate surface area is 196 Å². The monoisotopic (exact) mass is 474 g/mol. The predicted octanol–water partition coefficient (Wildman–Crippen LogP) is 6.08. The number of rotatable bonds is 7. The van der Waals surface area contributed by atoms with Crippen LogP contribution < -0.4 is 10.9 Å². The highest BCUT2D eigenvalue weighted by atomic mass is 19.4. The predicted molar refractivity (Wildman–Crippen MR) is 127 cm³/mol. The van der Waals surface area contributed by atoms with Gasteiger partial charge in [0.25, 0.3) is 5.56 Å². The van der Waals surface area contributed by atoms with E-state index in [2.05, 4.69) is 10.3 Å². The lowest BCUT2D eigenvalue weighted by Crippen LogP contribution is -2.41. The fraction of sp³-hybridized carbons (Fsp3) is 0.400. The summed E-state index contributed by atoms with van der Waals surface area (Å²) in [6.45, 7) is 8.34. The Bertz CT molecular complexity index is 1220. The van der Waals surface area contributed by atoms with Gasteiger partial charge in [-0.25, -0.2) is 9.78 Å². The number of hydrogen-bond acceptors (Lipinski definition) is 3. The first kappa shape index (κ1) is 25.3. The normalized spacial score (nSPS) is 12.7. The van der Waals surface area contributed by atoms with Crippen LogP contribution in [0.25, 0.3) is 10.9 Å². The SMILES string of the molecule is CCn1c(C(C)N(CCC(C)C)C(=O)Nc2cccc(C(F)(F)F)c2)nc2ccccc2c1=O. The molecule has 0 bridgehead atoms. The topological polar surface area (TPSA) is 67.2 Å². The van der Waals surface area contributed by atoms with Crippen molar-refractivity contribution in [3.63, 3.8) is 0 Å². The van der Waals surface area contributed by atoms with Gasteiger partial charge in [-0.2, -0.15) is 13.2 Å². The number of halogens is 3. The summed E-state index contributed by atoms with van der Waals surface area (Å²) in [5, 5.41) is 3.08. The van der Waals surface area contributed by atoms with E-state index in [1.54, 1.807) is 31.2 Å². The van der Waals surface area contributed by atoms with E-state index in [1.165, 1.54) is 21.6 Å². The van der Waals surface area contributed by atoms with Gasteiger partial charge in [0.15, 0.2) is 0 Å². The van der Waals surface area contributed by atoms with E-state index in [1.807, 2.05) is 20.8 Å². The van der Waals surface area contributed by atoms with Crippen molar-refractivity contribution in [2.24, 2.45) is 5.92 Å². The number of urea groups is 1. The largest absolute Gasteiger partial charge is 0.416 e. The number of amides is 2. The second-order valence-electron chi connectivity index (χ2n) is 8.60. The zero-order valence-corrected chi connectivity index (χ0v) is 19.7. The van der Waals surface area contributed by atoms with Crippen molar-refractivity contribution in [1.29, 1.82) is 0 Å². The van der Waals surface area contributed by atoms with Crippen LogP contribution in [-0.2, 0) is 12.7 Å². The maximum Gasteiger partial charge on any atom is 0.416 e. The van der Waals surface area contributed by atoms with Gasteiger partial charge in [-0.15, -0.1) is 0 Å². The van der Waals surface area contributed by atoms with Crippen LogP contribution in [0.1, 0.15) is 51.5 Å². The molecule has 0 saturated carbocycles. The lowest BCUT2D eigenvalue weighted by molar-refractivity contribution is -0.137. The molecule has 3 rings (SSSR count). The Morgan fingerprint density at radius 3 is 2.47 bits per heavy atom. The number of aromatic nitrogens is 2. The highest BCUT2D eigenvalue weighted by Gasteiger charge is 2.31. The van der Waals surface area contributed by atoms with Gasteiger partial charge in [-0.3, -0.25) is 9.36 Å². The standard InChI is InChI=1S/C25H29F3N4O2/c1-5-31-22(30-21-12-7-6-11-20(21)23(31)33)17(4)32(14-13-16(2)3)24(34)29-19-10-8-9-18(15-19)25(26,27)28/h6-12,15-17H,5,13-14H2,1-4H3,(H,29,34). The van der Waals surface area contributed by atoms with Crippen molar-refractivity contribution < 1.29 is 18.0 Å². The van der Waals surface area contributed by atoms with Crippen LogP contribution >= 0.6 is 0 Å². The molecule has 1 unspecified atom stereocenters. The number of carbonyl (C=O) groups is 1. The molecule has 1 aromatic heterocycles. The fourth-order valence-electron chi connectivity index (χ4n) is 3.79. The van der Waals surface area contributed by atoms with E-state index in [9.17, 15) is 22.8 Å². The number of para-hydroxylation sites is 1. The molecule has 0 saturated heterocycles. The van der Waals surface area contributed by atoms with Gasteiger partial charge < -0.3 is 10.2 Å². The number of carbonyl (C=O) groups excluding carboxylic acids is 1. The summed E-state index contributed by atoms with van der Waals surface area (Å²) in [5.74, 6) is 0.711. The maximum absolute atomic E-state index is 13.3. The summed E-state index contributed by atoms with van der Waals surface area (Å²) in [6, 6.07) is 10.4. The van der Waals surface area contributed by atoms with E-state index in [-0.39, 0.29) is 17.2 Å². The Hall–Kier alpha value is -3.36. The molecule has 34 heavy (non-hydrogen) atoms. The van der Waals surface area contributed by atoms with E-state index in [0.29, 0.717) is 36.2 Å². The number of benzene rings is 2. The first-order chi connectivity index (χ1) is 16.0. The second kappa shape index (κ2) is 10.3. The third-order valence-corrected chi connectivity index (χ3v) is 5.70. The molecule has 0 radical (unpaired) electrons. The Morgan fingerprint density at radius 2 is 1.82 bits per heavy atom. The molecule has 2 aromatic carbocycles. The quantitative estimate of drug-likeness (QED) is 0.452. The van der Waals surface area contributed by atoms with Crippen molar-refractivity contribution >= 4 is 22.6 Å². The molecule has 182 valence electrons. The average Bonchev–Trinajstić information content (AvgIpc) is 2.78. The van der Waals surface area contributed by atoms with Crippen LogP contribution in [-0.4, -0.2) is 27.0 Å². The smallest absolute Gasteiger partial charge is 0.315 e. The van der Waals surface area contributed by atoms with Gasteiger partial charge in [-0.1, -0.05) is 32.0 Å². The minimum absolute atomic E-state index is 0.0425. The summed E-state index contributed by atoms with van der Waals surface area (Å²) in [4.78, 5) is 32.5. The van der Waals surface area contributed by atoms with Gasteiger partial charge in [0.2, 0.25) is 0 Å². The Balaban J connectivity index is 1.99. The van der Waals surface area contributed by atoms with E-state index in [4.69, 9.17) is 0 Å². The van der Waals surface area contributed by atoms with E-state index in [0.717, 1.165) is 12.1 Å². The zero-order chi connectivity index (χ0) is 25.0. The van der Waals surface area contributed by atoms with Crippen molar-refractivity contribution in [2.75, 3.05) is 11.9 Å². The average molecular weight is 475 g/mol. The van der Waals surface area contributed by atoms with Crippen LogP contribution in [0.3, 0.4) is 0 Å². The molecule has 9 heteroatoms. The molecular weight excluding hydrogens is 445 g/mol. The number of nitrogens with zero attached hydrogens (tertiary/aromatic N) is 3. The Kier molecular flexibility index (Phi) is 7.64. The third-order valence-electron chi connectivity index (χ3n) is 5.70. The van der Waals surface area contributed by atoms with Crippen LogP contribution in [0.4, 0.5) is 23.7 Å². The van der Waals surface area contributed by atoms with E-state index < -0.39 is 23.8 Å². The molecule has 0 fully saturated rings. The molecule has 3 aromatic rings. The van der Waals surface area contributed by atoms with Crippen molar-refractivity contribution in [1.82, 2.24) is 14.5 Å². The van der Waals surface area contributed by atoms with Gasteiger partial charge in [-0.05, 0) is 56.5 Å². The molecule has 6 nitrogen and oxygen atoms in total. The molecular formula is C25H29F3N4O2. The summed E-state index contributed by atoms with van der Waals surface area (Å²) in [5.41, 5.74) is -0.470. The first-order valence-electron chi connectivity index (χ1n) is 11.3. The minimum atomic E-state index is -4.52. The maximum atomic E-state index is 13.3. The van der Waals surface area contributed by atoms with Crippen LogP contribution in [0.5, 0.6) is 0 Å². The zero-order valence-electron chi connectivity index (χ0n) is 19.7. The molecule has 1 heterocycles. The van der Waals surface area contributed by atoms with Crippen LogP contribution in [0.2, 0.25) is 0 Å². The molecule has 0 aliphatic carbocycles. The summed E-state index contributed by atoms with van der Waals surface area (Å²) in [7, 11) is 0. The lowest BCUT2D eigenvalue weighted by Gasteiger charge is -2.31. The Morgan fingerprint density at radius 1 is 1.12 bits per heavy atom. The van der Waals surface area contributed by atoms with Gasteiger partial charge in [0.1, 0.15) is 5.82 Å². The molecule has 1 atom stereocenters. The van der Waals surface area contributed by atoms with Gasteiger partial charge >= 0.3 is 12.2 Å². The van der Waals surface area contributed by atoms with Gasteiger partial charge in [0, 0.05) is 18.8 Å². The first-order valence-corrected chi connectivity index (χ1v) is 11.3. The minimum Gasteiger partial charge on any atom is -0.315 e. The molecule has 2 amide bonds. The number of fused-ring (bicyclic) bond motifs is 1. The van der Waals surface area contributed by atoms with E-state index >= 15 is 0 Å². The molecule has 0 aliphatic heterocycles. The van der Waals surface area contributed by atoms with Crippen LogP contribution in [0.15, 0.2) is 53.3 Å². The molecule has 0 spiro atoms. The molecule has 1 N–H and O–H groups in total. The second-order valence-corrected chi connectivity index (χ2v) is 8.60. The number of anilines is 1. The summed E-state index contributed by atoms with van der Waals surface area (Å²) >= 11 is 0. The van der Waals surface area contributed by atoms with Crippen molar-refractivity contribution in [3.8, 4) is 0 Å².